The second-order valence-electron chi connectivity index (χ2n) is 5.44. The minimum Gasteiger partial charge on any atom is -0.383 e. The Labute approximate surface area is 140 Å². The Kier molecular flexibility index (Phi) is 3.85. The van der Waals surface area contributed by atoms with Gasteiger partial charge in [-0.2, -0.15) is 28.4 Å². The first-order chi connectivity index (χ1) is 11.7. The van der Waals surface area contributed by atoms with Crippen molar-refractivity contribution in [2.24, 2.45) is 7.05 Å². The number of nitrogens with two attached hydrogens (primary N) is 1. The van der Waals surface area contributed by atoms with Crippen molar-refractivity contribution >= 4 is 17.5 Å². The fraction of sp³-hybridized carbons (Fsp3) is 0.286. The average Bonchev–Trinajstić information content (AvgIpc) is 3.11. The molecule has 3 aromatic rings. The fourth-order valence-corrected chi connectivity index (χ4v) is 2.31. The SMILES string of the molecule is Cc1nn(-c2cnn(C)c2)cc1N(C)c1ncc(C(F)(F)F)c(N)n1. The van der Waals surface area contributed by atoms with Crippen LogP contribution in [-0.4, -0.2) is 36.6 Å². The summed E-state index contributed by atoms with van der Waals surface area (Å²) in [4.78, 5) is 9.05. The summed E-state index contributed by atoms with van der Waals surface area (Å²) < 4.78 is 41.5. The quantitative estimate of drug-likeness (QED) is 0.776. The zero-order valence-corrected chi connectivity index (χ0v) is 13.7. The first-order valence-corrected chi connectivity index (χ1v) is 7.15. The molecule has 0 radical (unpaired) electrons. The van der Waals surface area contributed by atoms with Gasteiger partial charge >= 0.3 is 6.18 Å². The predicted octanol–water partition coefficient (Wildman–Crippen LogP) is 2.07. The van der Waals surface area contributed by atoms with E-state index in [4.69, 9.17) is 5.73 Å². The maximum atomic E-state index is 12.8. The van der Waals surface area contributed by atoms with Crippen LogP contribution in [0, 0.1) is 6.92 Å². The van der Waals surface area contributed by atoms with Gasteiger partial charge in [0.05, 0.1) is 30.0 Å². The van der Waals surface area contributed by atoms with Gasteiger partial charge in [0.15, 0.2) is 0 Å². The molecular formula is C14H15F3N8. The van der Waals surface area contributed by atoms with E-state index in [9.17, 15) is 13.2 Å². The van der Waals surface area contributed by atoms with Gasteiger partial charge in [0.1, 0.15) is 17.1 Å². The van der Waals surface area contributed by atoms with Gasteiger partial charge in [-0.25, -0.2) is 9.67 Å². The lowest BCUT2D eigenvalue weighted by Gasteiger charge is -2.17. The number of nitrogens with zero attached hydrogens (tertiary/aromatic N) is 7. The summed E-state index contributed by atoms with van der Waals surface area (Å²) in [6, 6.07) is 0. The van der Waals surface area contributed by atoms with Crippen LogP contribution in [0.3, 0.4) is 0 Å². The number of anilines is 3. The third kappa shape index (κ3) is 3.12. The number of nitrogen functional groups attached to an aromatic ring is 1. The first kappa shape index (κ1) is 16.7. The lowest BCUT2D eigenvalue weighted by molar-refractivity contribution is -0.137. The molecule has 0 saturated heterocycles. The van der Waals surface area contributed by atoms with Crippen molar-refractivity contribution in [3.8, 4) is 5.69 Å². The Bertz CT molecular complexity index is 911. The van der Waals surface area contributed by atoms with Crippen LogP contribution in [0.15, 0.2) is 24.8 Å². The second kappa shape index (κ2) is 5.76. The van der Waals surface area contributed by atoms with E-state index >= 15 is 0 Å². The van der Waals surface area contributed by atoms with Crippen LogP contribution < -0.4 is 10.6 Å². The Morgan fingerprint density at radius 1 is 1.20 bits per heavy atom. The van der Waals surface area contributed by atoms with Crippen molar-refractivity contribution in [1.29, 1.82) is 0 Å². The molecule has 0 atom stereocenters. The molecule has 3 heterocycles. The number of hydrogen-bond donors (Lipinski definition) is 1. The number of hydrogen-bond acceptors (Lipinski definition) is 6. The lowest BCUT2D eigenvalue weighted by Crippen LogP contribution is -2.17. The van der Waals surface area contributed by atoms with Gasteiger partial charge in [0.2, 0.25) is 5.95 Å². The van der Waals surface area contributed by atoms with E-state index in [1.54, 1.807) is 49.0 Å². The van der Waals surface area contributed by atoms with Gasteiger partial charge in [-0.15, -0.1) is 0 Å². The van der Waals surface area contributed by atoms with Gasteiger partial charge < -0.3 is 10.6 Å². The van der Waals surface area contributed by atoms with E-state index in [0.717, 1.165) is 5.69 Å². The maximum absolute atomic E-state index is 12.8. The van der Waals surface area contributed by atoms with Gasteiger partial charge in [-0.3, -0.25) is 4.68 Å². The third-order valence-corrected chi connectivity index (χ3v) is 3.60. The molecule has 8 nitrogen and oxygen atoms in total. The van der Waals surface area contributed by atoms with Crippen molar-refractivity contribution in [1.82, 2.24) is 29.5 Å². The molecule has 0 spiro atoms. The summed E-state index contributed by atoms with van der Waals surface area (Å²) in [6.07, 6.45) is 1.21. The molecule has 25 heavy (non-hydrogen) atoms. The van der Waals surface area contributed by atoms with Crippen LogP contribution in [0.1, 0.15) is 11.3 Å². The Hall–Kier alpha value is -3.11. The standard InChI is InChI=1S/C14H15F3N8/c1-8-11(7-25(22-8)9-4-20-23(2)6-9)24(3)13-19-5-10(12(18)21-13)14(15,16)17/h4-7H,1-3H3,(H2,18,19,21). The Morgan fingerprint density at radius 3 is 2.48 bits per heavy atom. The summed E-state index contributed by atoms with van der Waals surface area (Å²) >= 11 is 0. The molecule has 0 aliphatic rings. The molecule has 0 bridgehead atoms. The smallest absolute Gasteiger partial charge is 0.383 e. The second-order valence-corrected chi connectivity index (χ2v) is 5.44. The molecule has 0 saturated carbocycles. The Balaban J connectivity index is 1.95. The van der Waals surface area contributed by atoms with Gasteiger partial charge in [0, 0.05) is 20.3 Å². The highest BCUT2D eigenvalue weighted by Crippen LogP contribution is 2.33. The van der Waals surface area contributed by atoms with Gasteiger partial charge in [-0.1, -0.05) is 0 Å². The molecular weight excluding hydrogens is 337 g/mol. The lowest BCUT2D eigenvalue weighted by atomic mass is 10.3. The highest BCUT2D eigenvalue weighted by Gasteiger charge is 2.34. The number of alkyl halides is 3. The zero-order valence-electron chi connectivity index (χ0n) is 13.7. The average molecular weight is 352 g/mol. The van der Waals surface area contributed by atoms with Gasteiger partial charge in [0.25, 0.3) is 0 Å². The molecule has 3 aromatic heterocycles. The van der Waals surface area contributed by atoms with Crippen LogP contribution in [0.25, 0.3) is 5.69 Å². The van der Waals surface area contributed by atoms with E-state index in [1.807, 2.05) is 0 Å². The predicted molar refractivity (Wildman–Crippen MR) is 84.6 cm³/mol. The van der Waals surface area contributed by atoms with Crippen molar-refractivity contribution in [3.63, 3.8) is 0 Å². The zero-order chi connectivity index (χ0) is 18.4. The van der Waals surface area contributed by atoms with Crippen LogP contribution >= 0.6 is 0 Å². The topological polar surface area (TPSA) is 90.7 Å². The van der Waals surface area contributed by atoms with Crippen LogP contribution in [0.2, 0.25) is 0 Å². The van der Waals surface area contributed by atoms with Crippen molar-refractivity contribution in [3.05, 3.63) is 36.0 Å². The molecule has 0 amide bonds. The largest absolute Gasteiger partial charge is 0.421 e. The monoisotopic (exact) mass is 352 g/mol. The molecule has 0 fully saturated rings. The van der Waals surface area contributed by atoms with Crippen molar-refractivity contribution in [2.45, 2.75) is 13.1 Å². The van der Waals surface area contributed by atoms with E-state index in [2.05, 4.69) is 20.2 Å². The molecule has 2 N–H and O–H groups in total. The maximum Gasteiger partial charge on any atom is 0.421 e. The summed E-state index contributed by atoms with van der Waals surface area (Å²) in [5.74, 6) is -0.582. The van der Waals surface area contributed by atoms with E-state index < -0.39 is 17.6 Å². The minimum atomic E-state index is -4.59. The highest BCUT2D eigenvalue weighted by atomic mass is 19.4. The third-order valence-electron chi connectivity index (χ3n) is 3.60. The summed E-state index contributed by atoms with van der Waals surface area (Å²) in [6.45, 7) is 1.77. The molecule has 0 aliphatic heterocycles. The number of rotatable bonds is 3. The first-order valence-electron chi connectivity index (χ1n) is 7.15. The van der Waals surface area contributed by atoms with E-state index in [-0.39, 0.29) is 5.95 Å². The van der Waals surface area contributed by atoms with Crippen LogP contribution in [-0.2, 0) is 13.2 Å². The van der Waals surface area contributed by atoms with Crippen LogP contribution in [0.4, 0.5) is 30.6 Å². The summed E-state index contributed by atoms with van der Waals surface area (Å²) in [5.41, 5.74) is 6.39. The minimum absolute atomic E-state index is 0.0411. The fourth-order valence-electron chi connectivity index (χ4n) is 2.31. The molecule has 0 aliphatic carbocycles. The van der Waals surface area contributed by atoms with Crippen LogP contribution in [0.5, 0.6) is 0 Å². The summed E-state index contributed by atoms with van der Waals surface area (Å²) in [5, 5.41) is 8.45. The molecule has 3 rings (SSSR count). The number of aryl methyl sites for hydroxylation is 2. The van der Waals surface area contributed by atoms with Crippen molar-refractivity contribution in [2.75, 3.05) is 17.7 Å². The van der Waals surface area contributed by atoms with Crippen molar-refractivity contribution < 1.29 is 13.2 Å². The van der Waals surface area contributed by atoms with E-state index in [1.165, 1.54) is 4.90 Å². The summed E-state index contributed by atoms with van der Waals surface area (Å²) in [7, 11) is 3.41. The van der Waals surface area contributed by atoms with E-state index in [0.29, 0.717) is 17.6 Å². The molecule has 0 aromatic carbocycles. The normalized spacial score (nSPS) is 11.8. The van der Waals surface area contributed by atoms with Gasteiger partial charge in [-0.05, 0) is 6.92 Å². The molecule has 0 unspecified atom stereocenters. The number of aromatic nitrogens is 6. The molecule has 132 valence electrons. The Morgan fingerprint density at radius 2 is 1.92 bits per heavy atom. The number of halogens is 3. The highest BCUT2D eigenvalue weighted by molar-refractivity contribution is 5.60. The molecule has 11 heteroatoms.